The van der Waals surface area contributed by atoms with Gasteiger partial charge in [-0.2, -0.15) is 0 Å². The molecule has 0 radical (unpaired) electrons. The molecule has 0 spiro atoms. The average molecular weight is 261 g/mol. The molecule has 0 saturated carbocycles. The van der Waals surface area contributed by atoms with E-state index in [0.717, 1.165) is 22.5 Å². The second-order valence-electron chi connectivity index (χ2n) is 4.68. The summed E-state index contributed by atoms with van der Waals surface area (Å²) in [6.45, 7) is 4.32. The summed E-state index contributed by atoms with van der Waals surface area (Å²) in [5, 5.41) is 0. The quantitative estimate of drug-likeness (QED) is 0.835. The van der Waals surface area contributed by atoms with E-state index in [1.165, 1.54) is 0 Å². The lowest BCUT2D eigenvalue weighted by Gasteiger charge is -2.25. The van der Waals surface area contributed by atoms with Gasteiger partial charge in [0.05, 0.1) is 7.11 Å². The zero-order chi connectivity index (χ0) is 14.0. The van der Waals surface area contributed by atoms with E-state index in [2.05, 4.69) is 0 Å². The summed E-state index contributed by atoms with van der Waals surface area (Å²) in [4.78, 5) is 13.9. The molecule has 4 nitrogen and oxygen atoms in total. The van der Waals surface area contributed by atoms with Crippen molar-refractivity contribution >= 4 is 5.91 Å². The molecule has 19 heavy (non-hydrogen) atoms. The van der Waals surface area contributed by atoms with Crippen LogP contribution < -0.4 is 4.74 Å². The molecule has 1 aromatic carbocycles. The van der Waals surface area contributed by atoms with Crippen LogP contribution in [0.3, 0.4) is 0 Å². The lowest BCUT2D eigenvalue weighted by Crippen LogP contribution is -2.36. The highest BCUT2D eigenvalue weighted by atomic mass is 16.5. The van der Waals surface area contributed by atoms with Crippen LogP contribution in [0.25, 0.3) is 0 Å². The van der Waals surface area contributed by atoms with E-state index in [9.17, 15) is 4.79 Å². The molecule has 1 atom stereocenters. The summed E-state index contributed by atoms with van der Waals surface area (Å²) in [5.41, 5.74) is 2.82. The molecule has 0 N–H and O–H groups in total. The minimum Gasteiger partial charge on any atom is -0.497 e. The first-order valence-electron chi connectivity index (χ1n) is 6.22. The number of ether oxygens (including phenoxy) is 2. The molecule has 1 amide bonds. The van der Waals surface area contributed by atoms with Crippen molar-refractivity contribution in [2.75, 3.05) is 14.2 Å². The van der Waals surface area contributed by atoms with Gasteiger partial charge in [-0.3, -0.25) is 4.79 Å². The summed E-state index contributed by atoms with van der Waals surface area (Å²) in [7, 11) is 3.26. The van der Waals surface area contributed by atoms with Crippen LogP contribution in [0.15, 0.2) is 35.4 Å². The number of benzene rings is 1. The molecule has 0 aliphatic carbocycles. The van der Waals surface area contributed by atoms with Crippen LogP contribution in [0.2, 0.25) is 0 Å². The second-order valence-corrected chi connectivity index (χ2v) is 4.68. The predicted molar refractivity (Wildman–Crippen MR) is 72.7 cm³/mol. The standard InChI is InChI=1S/C15H19NO3/c1-10-11(2)15(19-4)16(14(10)17)9-12-5-7-13(18-3)8-6-12/h5-8,15H,9H2,1-4H3/t15-/m1/s1. The smallest absolute Gasteiger partial charge is 0.252 e. The number of nitrogens with zero attached hydrogens (tertiary/aromatic N) is 1. The van der Waals surface area contributed by atoms with Gasteiger partial charge >= 0.3 is 0 Å². The van der Waals surface area contributed by atoms with Gasteiger partial charge in [0.25, 0.3) is 5.91 Å². The molecule has 2 rings (SSSR count). The van der Waals surface area contributed by atoms with E-state index >= 15 is 0 Å². The van der Waals surface area contributed by atoms with Crippen LogP contribution in [-0.4, -0.2) is 31.3 Å². The van der Waals surface area contributed by atoms with Gasteiger partial charge in [0, 0.05) is 19.2 Å². The van der Waals surface area contributed by atoms with Crippen LogP contribution in [0.4, 0.5) is 0 Å². The number of carbonyl (C=O) groups excluding carboxylic acids is 1. The predicted octanol–water partition coefficient (Wildman–Crippen LogP) is 2.35. The van der Waals surface area contributed by atoms with Gasteiger partial charge < -0.3 is 14.4 Å². The Morgan fingerprint density at radius 2 is 1.79 bits per heavy atom. The Morgan fingerprint density at radius 3 is 2.32 bits per heavy atom. The molecule has 0 bridgehead atoms. The van der Waals surface area contributed by atoms with Crippen LogP contribution in [0.5, 0.6) is 5.75 Å². The Kier molecular flexibility index (Phi) is 3.90. The fourth-order valence-electron chi connectivity index (χ4n) is 2.30. The average Bonchev–Trinajstić information content (AvgIpc) is 2.64. The van der Waals surface area contributed by atoms with Crippen molar-refractivity contribution in [3.63, 3.8) is 0 Å². The van der Waals surface area contributed by atoms with Crippen molar-refractivity contribution < 1.29 is 14.3 Å². The SMILES string of the molecule is COc1ccc(CN2C(=O)C(C)=C(C)[C@H]2OC)cc1. The Balaban J connectivity index is 2.16. The highest BCUT2D eigenvalue weighted by Gasteiger charge is 2.34. The van der Waals surface area contributed by atoms with Crippen molar-refractivity contribution in [2.45, 2.75) is 26.6 Å². The normalized spacial score (nSPS) is 19.3. The van der Waals surface area contributed by atoms with Crippen LogP contribution in [-0.2, 0) is 16.1 Å². The van der Waals surface area contributed by atoms with E-state index < -0.39 is 0 Å². The molecule has 1 aliphatic heterocycles. The van der Waals surface area contributed by atoms with Gasteiger partial charge in [-0.05, 0) is 37.1 Å². The summed E-state index contributed by atoms with van der Waals surface area (Å²) >= 11 is 0. The minimum absolute atomic E-state index is 0.0418. The first-order valence-corrected chi connectivity index (χ1v) is 6.22. The maximum absolute atomic E-state index is 12.2. The van der Waals surface area contributed by atoms with Crippen molar-refractivity contribution in [1.82, 2.24) is 4.90 Å². The minimum atomic E-state index is -0.255. The number of methoxy groups -OCH3 is 2. The Labute approximate surface area is 113 Å². The fraction of sp³-hybridized carbons (Fsp3) is 0.400. The van der Waals surface area contributed by atoms with E-state index in [4.69, 9.17) is 9.47 Å². The highest BCUT2D eigenvalue weighted by molar-refractivity contribution is 5.96. The van der Waals surface area contributed by atoms with Crippen LogP contribution >= 0.6 is 0 Å². The first kappa shape index (κ1) is 13.6. The van der Waals surface area contributed by atoms with Crippen molar-refractivity contribution in [1.29, 1.82) is 0 Å². The molecule has 102 valence electrons. The lowest BCUT2D eigenvalue weighted by molar-refractivity contribution is -0.134. The lowest BCUT2D eigenvalue weighted by atomic mass is 10.2. The monoisotopic (exact) mass is 261 g/mol. The largest absolute Gasteiger partial charge is 0.497 e. The fourth-order valence-corrected chi connectivity index (χ4v) is 2.30. The number of amides is 1. The molecule has 0 saturated heterocycles. The molecule has 4 heteroatoms. The molecular formula is C15H19NO3. The first-order chi connectivity index (χ1) is 9.08. The van der Waals surface area contributed by atoms with E-state index in [-0.39, 0.29) is 12.1 Å². The molecule has 0 aromatic heterocycles. The summed E-state index contributed by atoms with van der Waals surface area (Å²) in [5.74, 6) is 0.852. The number of hydrogen-bond acceptors (Lipinski definition) is 3. The summed E-state index contributed by atoms with van der Waals surface area (Å²) in [6.07, 6.45) is -0.255. The van der Waals surface area contributed by atoms with Gasteiger partial charge in [0.15, 0.2) is 6.23 Å². The Bertz CT molecular complexity index is 505. The van der Waals surface area contributed by atoms with Crippen LogP contribution in [0, 0.1) is 0 Å². The highest BCUT2D eigenvalue weighted by Crippen LogP contribution is 2.27. The summed E-state index contributed by atoms with van der Waals surface area (Å²) in [6, 6.07) is 7.71. The maximum Gasteiger partial charge on any atom is 0.252 e. The van der Waals surface area contributed by atoms with Crippen molar-refractivity contribution in [2.24, 2.45) is 0 Å². The second kappa shape index (κ2) is 5.45. The third-order valence-electron chi connectivity index (χ3n) is 3.56. The molecular weight excluding hydrogens is 242 g/mol. The van der Waals surface area contributed by atoms with E-state index in [1.807, 2.05) is 38.1 Å². The topological polar surface area (TPSA) is 38.8 Å². The van der Waals surface area contributed by atoms with Gasteiger partial charge in [0.2, 0.25) is 0 Å². The van der Waals surface area contributed by atoms with Gasteiger partial charge in [-0.25, -0.2) is 0 Å². The summed E-state index contributed by atoms with van der Waals surface area (Å²) < 4.78 is 10.5. The zero-order valence-electron chi connectivity index (χ0n) is 11.8. The molecule has 1 heterocycles. The van der Waals surface area contributed by atoms with E-state index in [0.29, 0.717) is 6.54 Å². The van der Waals surface area contributed by atoms with Gasteiger partial charge in [-0.1, -0.05) is 12.1 Å². The number of hydrogen-bond donors (Lipinski definition) is 0. The Hall–Kier alpha value is -1.81. The third kappa shape index (κ3) is 2.49. The zero-order valence-corrected chi connectivity index (χ0v) is 11.8. The van der Waals surface area contributed by atoms with Crippen LogP contribution in [0.1, 0.15) is 19.4 Å². The maximum atomic E-state index is 12.2. The van der Waals surface area contributed by atoms with Crippen molar-refractivity contribution in [3.8, 4) is 5.75 Å². The van der Waals surface area contributed by atoms with Gasteiger partial charge in [0.1, 0.15) is 5.75 Å². The molecule has 0 unspecified atom stereocenters. The Morgan fingerprint density at radius 1 is 1.16 bits per heavy atom. The van der Waals surface area contributed by atoms with Crippen molar-refractivity contribution in [3.05, 3.63) is 41.0 Å². The number of rotatable bonds is 4. The third-order valence-corrected chi connectivity index (χ3v) is 3.56. The molecule has 0 fully saturated rings. The van der Waals surface area contributed by atoms with E-state index in [1.54, 1.807) is 19.1 Å². The van der Waals surface area contributed by atoms with Gasteiger partial charge in [-0.15, -0.1) is 0 Å². The molecule has 1 aromatic rings. The number of carbonyl (C=O) groups is 1. The molecule has 1 aliphatic rings.